The zero-order valence-corrected chi connectivity index (χ0v) is 16.4. The second-order valence-corrected chi connectivity index (χ2v) is 7.22. The van der Waals surface area contributed by atoms with Gasteiger partial charge in [-0.2, -0.15) is 0 Å². The number of carbonyl (C=O) groups is 1. The normalized spacial score (nSPS) is 16.8. The molecule has 0 unspecified atom stereocenters. The second kappa shape index (κ2) is 7.67. The second-order valence-electron chi connectivity index (χ2n) is 5.90. The summed E-state index contributed by atoms with van der Waals surface area (Å²) in [7, 11) is 3.22. The molecule has 1 aliphatic rings. The van der Waals surface area contributed by atoms with Crippen LogP contribution in [0.2, 0.25) is 5.02 Å². The number of amides is 1. The average Bonchev–Trinajstić information content (AvgIpc) is 3.12. The van der Waals surface area contributed by atoms with E-state index >= 15 is 0 Å². The van der Waals surface area contributed by atoms with E-state index in [0.29, 0.717) is 28.6 Å². The fourth-order valence-electron chi connectivity index (χ4n) is 3.23. The number of hydrogen-bond donors (Lipinski definition) is 0. The molecule has 2 aromatic carbocycles. The monoisotopic (exact) mass is 423 g/mol. The van der Waals surface area contributed by atoms with E-state index in [0.717, 1.165) is 22.9 Å². The fourth-order valence-corrected chi connectivity index (χ4v) is 3.79. The zero-order valence-electron chi connectivity index (χ0n) is 14.1. The Labute approximate surface area is 160 Å². The number of nitrogens with zero attached hydrogens (tertiary/aromatic N) is 1. The first kappa shape index (κ1) is 18.1. The fraction of sp³-hybridized carbons (Fsp3) is 0.316. The maximum atomic E-state index is 13.0. The standard InChI is InChI=1S/C19H19BrClNO3/c1-24-17-8-5-12(10-18(17)25-2)16-4-3-9-22(16)19(23)14-11-13(20)6-7-15(14)21/h5-8,10-11,16H,3-4,9H2,1-2H3/t16-/m0/s1. The van der Waals surface area contributed by atoms with E-state index in [9.17, 15) is 4.79 Å². The molecule has 0 N–H and O–H groups in total. The van der Waals surface area contributed by atoms with Gasteiger partial charge in [0, 0.05) is 11.0 Å². The predicted molar refractivity (Wildman–Crippen MR) is 102 cm³/mol. The van der Waals surface area contributed by atoms with Crippen molar-refractivity contribution in [3.63, 3.8) is 0 Å². The van der Waals surface area contributed by atoms with Gasteiger partial charge in [0.15, 0.2) is 11.5 Å². The number of hydrogen-bond acceptors (Lipinski definition) is 3. The highest BCUT2D eigenvalue weighted by Gasteiger charge is 2.32. The molecule has 0 radical (unpaired) electrons. The minimum absolute atomic E-state index is 0.00218. The van der Waals surface area contributed by atoms with Crippen LogP contribution >= 0.6 is 27.5 Å². The van der Waals surface area contributed by atoms with Crippen molar-refractivity contribution in [2.75, 3.05) is 20.8 Å². The highest BCUT2D eigenvalue weighted by Crippen LogP contribution is 2.38. The van der Waals surface area contributed by atoms with Crippen LogP contribution in [-0.2, 0) is 0 Å². The van der Waals surface area contributed by atoms with Gasteiger partial charge in [-0.25, -0.2) is 0 Å². The molecule has 132 valence electrons. The molecule has 1 heterocycles. The first-order valence-electron chi connectivity index (χ1n) is 8.03. The Hall–Kier alpha value is -1.72. The Kier molecular flexibility index (Phi) is 5.54. The largest absolute Gasteiger partial charge is 0.493 e. The van der Waals surface area contributed by atoms with E-state index in [1.165, 1.54) is 0 Å². The Morgan fingerprint density at radius 2 is 1.92 bits per heavy atom. The summed E-state index contributed by atoms with van der Waals surface area (Å²) in [5.41, 5.74) is 1.55. The van der Waals surface area contributed by atoms with Gasteiger partial charge in [-0.05, 0) is 48.7 Å². The van der Waals surface area contributed by atoms with E-state index in [4.69, 9.17) is 21.1 Å². The molecule has 0 bridgehead atoms. The van der Waals surface area contributed by atoms with Gasteiger partial charge < -0.3 is 14.4 Å². The van der Waals surface area contributed by atoms with Crippen molar-refractivity contribution in [3.05, 3.63) is 57.0 Å². The lowest BCUT2D eigenvalue weighted by molar-refractivity contribution is 0.0735. The van der Waals surface area contributed by atoms with Crippen LogP contribution in [0.1, 0.15) is 34.8 Å². The number of rotatable bonds is 4. The summed E-state index contributed by atoms with van der Waals surface area (Å²) in [5.74, 6) is 1.29. The molecule has 0 saturated carbocycles. The Bertz CT molecular complexity index is 796. The van der Waals surface area contributed by atoms with E-state index in [2.05, 4.69) is 15.9 Å². The van der Waals surface area contributed by atoms with Crippen molar-refractivity contribution < 1.29 is 14.3 Å². The summed E-state index contributed by atoms with van der Waals surface area (Å²) in [5, 5.41) is 0.464. The Balaban J connectivity index is 1.92. The van der Waals surface area contributed by atoms with Gasteiger partial charge >= 0.3 is 0 Å². The van der Waals surface area contributed by atoms with E-state index in [1.54, 1.807) is 26.4 Å². The van der Waals surface area contributed by atoms with Crippen molar-refractivity contribution in [1.29, 1.82) is 0 Å². The number of methoxy groups -OCH3 is 2. The number of halogens is 2. The minimum Gasteiger partial charge on any atom is -0.493 e. The highest BCUT2D eigenvalue weighted by molar-refractivity contribution is 9.10. The molecular weight excluding hydrogens is 406 g/mol. The van der Waals surface area contributed by atoms with Crippen molar-refractivity contribution in [3.8, 4) is 11.5 Å². The van der Waals surface area contributed by atoms with Crippen LogP contribution in [0, 0.1) is 0 Å². The molecule has 2 aromatic rings. The summed E-state index contributed by atoms with van der Waals surface area (Å²) in [6.07, 6.45) is 1.86. The van der Waals surface area contributed by atoms with Crippen LogP contribution < -0.4 is 9.47 Å². The topological polar surface area (TPSA) is 38.8 Å². The van der Waals surface area contributed by atoms with Crippen molar-refractivity contribution in [2.24, 2.45) is 0 Å². The summed E-state index contributed by atoms with van der Waals surface area (Å²) in [6.45, 7) is 0.709. The zero-order chi connectivity index (χ0) is 18.0. The highest BCUT2D eigenvalue weighted by atomic mass is 79.9. The third kappa shape index (κ3) is 3.62. The number of carbonyl (C=O) groups excluding carboxylic acids is 1. The predicted octanol–water partition coefficient (Wildman–Crippen LogP) is 5.10. The smallest absolute Gasteiger partial charge is 0.255 e. The van der Waals surface area contributed by atoms with Crippen LogP contribution in [0.3, 0.4) is 0 Å². The maximum Gasteiger partial charge on any atom is 0.255 e. The van der Waals surface area contributed by atoms with E-state index in [1.807, 2.05) is 29.2 Å². The molecule has 1 atom stereocenters. The minimum atomic E-state index is -0.0522. The first-order chi connectivity index (χ1) is 12.0. The molecule has 25 heavy (non-hydrogen) atoms. The summed E-state index contributed by atoms with van der Waals surface area (Å²) >= 11 is 9.65. The molecule has 1 amide bonds. The number of ether oxygens (including phenoxy) is 2. The van der Waals surface area contributed by atoms with Crippen LogP contribution in [0.25, 0.3) is 0 Å². The summed E-state index contributed by atoms with van der Waals surface area (Å²) < 4.78 is 11.5. The van der Waals surface area contributed by atoms with E-state index in [-0.39, 0.29) is 11.9 Å². The third-order valence-electron chi connectivity index (χ3n) is 4.46. The molecule has 1 fully saturated rings. The molecule has 4 nitrogen and oxygen atoms in total. The van der Waals surface area contributed by atoms with Crippen molar-refractivity contribution >= 4 is 33.4 Å². The quantitative estimate of drug-likeness (QED) is 0.685. The lowest BCUT2D eigenvalue weighted by Crippen LogP contribution is -2.30. The van der Waals surface area contributed by atoms with E-state index < -0.39 is 0 Å². The molecule has 0 aliphatic carbocycles. The van der Waals surface area contributed by atoms with Crippen LogP contribution in [0.4, 0.5) is 0 Å². The van der Waals surface area contributed by atoms with Gasteiger partial charge in [0.2, 0.25) is 0 Å². The van der Waals surface area contributed by atoms with Crippen molar-refractivity contribution in [2.45, 2.75) is 18.9 Å². The lowest BCUT2D eigenvalue weighted by Gasteiger charge is -2.26. The molecule has 6 heteroatoms. The van der Waals surface area contributed by atoms with Crippen LogP contribution in [0.15, 0.2) is 40.9 Å². The number of benzene rings is 2. The van der Waals surface area contributed by atoms with Gasteiger partial charge in [0.25, 0.3) is 5.91 Å². The Morgan fingerprint density at radius 1 is 1.16 bits per heavy atom. The summed E-state index contributed by atoms with van der Waals surface area (Å²) in [4.78, 5) is 14.9. The Morgan fingerprint density at radius 3 is 2.64 bits per heavy atom. The van der Waals surface area contributed by atoms with Crippen LogP contribution in [-0.4, -0.2) is 31.6 Å². The third-order valence-corrected chi connectivity index (χ3v) is 5.29. The molecule has 1 saturated heterocycles. The lowest BCUT2D eigenvalue weighted by atomic mass is 10.0. The van der Waals surface area contributed by atoms with Crippen LogP contribution in [0.5, 0.6) is 11.5 Å². The van der Waals surface area contributed by atoms with Crippen molar-refractivity contribution in [1.82, 2.24) is 4.90 Å². The SMILES string of the molecule is COc1ccc([C@@H]2CCCN2C(=O)c2cc(Br)ccc2Cl)cc1OC. The van der Waals surface area contributed by atoms with Gasteiger partial charge in [-0.15, -0.1) is 0 Å². The van der Waals surface area contributed by atoms with Gasteiger partial charge in [-0.3, -0.25) is 4.79 Å². The molecular formula is C19H19BrClNO3. The average molecular weight is 425 g/mol. The summed E-state index contributed by atoms with van der Waals surface area (Å²) in [6, 6.07) is 11.1. The van der Waals surface area contributed by atoms with Gasteiger partial charge in [0.1, 0.15) is 0 Å². The van der Waals surface area contributed by atoms with Gasteiger partial charge in [0.05, 0.1) is 30.8 Å². The van der Waals surface area contributed by atoms with Gasteiger partial charge in [-0.1, -0.05) is 33.6 Å². The first-order valence-corrected chi connectivity index (χ1v) is 9.20. The number of likely N-dealkylation sites (tertiary alicyclic amines) is 1. The molecule has 1 aliphatic heterocycles. The maximum absolute atomic E-state index is 13.0. The molecule has 0 aromatic heterocycles. The molecule has 3 rings (SSSR count). The molecule has 0 spiro atoms.